The van der Waals surface area contributed by atoms with E-state index in [-0.39, 0.29) is 5.91 Å². The molecule has 0 bridgehead atoms. The third-order valence-corrected chi connectivity index (χ3v) is 6.84. The second kappa shape index (κ2) is 10.4. The zero-order chi connectivity index (χ0) is 26.8. The van der Waals surface area contributed by atoms with Gasteiger partial charge < -0.3 is 9.13 Å². The minimum atomic E-state index is -0.247. The van der Waals surface area contributed by atoms with E-state index in [4.69, 9.17) is 0 Å². The summed E-state index contributed by atoms with van der Waals surface area (Å²) in [7, 11) is 0. The van der Waals surface area contributed by atoms with Crippen LogP contribution in [0.1, 0.15) is 44.1 Å². The summed E-state index contributed by atoms with van der Waals surface area (Å²) >= 11 is 0. The van der Waals surface area contributed by atoms with Crippen LogP contribution >= 0.6 is 0 Å². The Labute approximate surface area is 224 Å². The summed E-state index contributed by atoms with van der Waals surface area (Å²) in [5, 5.41) is 4.26. The molecule has 0 spiro atoms. The molecular weight excluding hydrogens is 468 g/mol. The van der Waals surface area contributed by atoms with Crippen LogP contribution in [0.2, 0.25) is 0 Å². The van der Waals surface area contributed by atoms with E-state index in [1.54, 1.807) is 6.21 Å². The fraction of sp³-hybridized carbons (Fsp3) is 0.152. The normalized spacial score (nSPS) is 11.3. The number of hydrazone groups is 1. The maximum atomic E-state index is 12.8. The number of carbonyl (C=O) groups is 1. The Bertz CT molecular complexity index is 1620. The first-order valence-corrected chi connectivity index (χ1v) is 12.8. The Morgan fingerprint density at radius 2 is 1.39 bits per heavy atom. The number of nitrogens with one attached hydrogen (secondary N) is 1. The van der Waals surface area contributed by atoms with Crippen LogP contribution in [0.3, 0.4) is 0 Å². The van der Waals surface area contributed by atoms with Crippen molar-refractivity contribution >= 4 is 12.1 Å². The summed E-state index contributed by atoms with van der Waals surface area (Å²) in [5.74, 6) is -0.247. The summed E-state index contributed by atoms with van der Waals surface area (Å²) in [6.45, 7) is 10.4. The van der Waals surface area contributed by atoms with Gasteiger partial charge in [0.1, 0.15) is 0 Å². The van der Waals surface area contributed by atoms with Crippen LogP contribution in [0.5, 0.6) is 0 Å². The molecular formula is C33H32N4O. The molecule has 0 aliphatic heterocycles. The number of rotatable bonds is 6. The average Bonchev–Trinajstić information content (AvgIpc) is 3.42. The number of benzene rings is 3. The SMILES string of the molecule is Cc1cc(C)cc(-n2c(C)cc(/C=N/NC(=O)c3ccc(-n4c(C)ccc4-c4ccccc4)cc3)c2C)c1. The molecule has 1 N–H and O–H groups in total. The number of hydrogen-bond donors (Lipinski definition) is 1. The molecule has 5 aromatic rings. The lowest BCUT2D eigenvalue weighted by Crippen LogP contribution is -2.17. The van der Waals surface area contributed by atoms with Crippen molar-refractivity contribution in [3.05, 3.63) is 130 Å². The highest BCUT2D eigenvalue weighted by atomic mass is 16.2. The number of hydrogen-bond acceptors (Lipinski definition) is 2. The number of nitrogens with zero attached hydrogens (tertiary/aromatic N) is 3. The molecule has 0 saturated heterocycles. The number of carbonyl (C=O) groups excluding carboxylic acids is 1. The molecule has 0 aliphatic rings. The standard InChI is InChI=1S/C33H32N4O/c1-22-17-23(2)19-31(18-22)36-25(4)20-29(26(36)5)21-34-35-33(38)28-12-14-30(15-13-28)37-24(3)11-16-32(37)27-9-7-6-8-10-27/h6-21H,1-5H3,(H,35,38)/b34-21+. The van der Waals surface area contributed by atoms with Crippen LogP contribution in [0.25, 0.3) is 22.6 Å². The summed E-state index contributed by atoms with van der Waals surface area (Å²) in [4.78, 5) is 12.8. The van der Waals surface area contributed by atoms with Gasteiger partial charge in [-0.3, -0.25) is 4.79 Å². The summed E-state index contributed by atoms with van der Waals surface area (Å²) < 4.78 is 4.41. The minimum Gasteiger partial charge on any atom is -0.318 e. The zero-order valence-corrected chi connectivity index (χ0v) is 22.5. The van der Waals surface area contributed by atoms with Gasteiger partial charge >= 0.3 is 0 Å². The molecule has 5 rings (SSSR count). The second-order valence-corrected chi connectivity index (χ2v) is 9.82. The molecule has 5 heteroatoms. The predicted molar refractivity (Wildman–Crippen MR) is 156 cm³/mol. The first-order valence-electron chi connectivity index (χ1n) is 12.8. The third-order valence-electron chi connectivity index (χ3n) is 6.84. The van der Waals surface area contributed by atoms with E-state index in [9.17, 15) is 4.79 Å². The second-order valence-electron chi connectivity index (χ2n) is 9.82. The van der Waals surface area contributed by atoms with Crippen molar-refractivity contribution in [3.63, 3.8) is 0 Å². The monoisotopic (exact) mass is 500 g/mol. The predicted octanol–water partition coefficient (Wildman–Crippen LogP) is 7.24. The Hall–Kier alpha value is -4.64. The molecule has 38 heavy (non-hydrogen) atoms. The molecule has 2 aromatic heterocycles. The fourth-order valence-electron chi connectivity index (χ4n) is 5.10. The molecule has 190 valence electrons. The van der Waals surface area contributed by atoms with Crippen LogP contribution in [-0.4, -0.2) is 21.3 Å². The van der Waals surface area contributed by atoms with Gasteiger partial charge in [0.25, 0.3) is 5.91 Å². The molecule has 1 amide bonds. The van der Waals surface area contributed by atoms with Crippen LogP contribution in [-0.2, 0) is 0 Å². The van der Waals surface area contributed by atoms with E-state index in [2.05, 4.69) is 103 Å². The highest BCUT2D eigenvalue weighted by molar-refractivity contribution is 5.95. The highest BCUT2D eigenvalue weighted by Gasteiger charge is 2.12. The van der Waals surface area contributed by atoms with Gasteiger partial charge in [-0.2, -0.15) is 5.10 Å². The van der Waals surface area contributed by atoms with Gasteiger partial charge in [0.15, 0.2) is 0 Å². The van der Waals surface area contributed by atoms with Gasteiger partial charge in [-0.15, -0.1) is 0 Å². The van der Waals surface area contributed by atoms with Gasteiger partial charge in [0.2, 0.25) is 0 Å². The molecule has 0 radical (unpaired) electrons. The maximum absolute atomic E-state index is 12.8. The van der Waals surface area contributed by atoms with Gasteiger partial charge in [-0.05, 0) is 106 Å². The number of amides is 1. The summed E-state index contributed by atoms with van der Waals surface area (Å²) in [6.07, 6.45) is 1.71. The molecule has 2 heterocycles. The van der Waals surface area contributed by atoms with E-state index in [1.165, 1.54) is 11.1 Å². The lowest BCUT2D eigenvalue weighted by molar-refractivity contribution is 0.0955. The highest BCUT2D eigenvalue weighted by Crippen LogP contribution is 2.26. The topological polar surface area (TPSA) is 51.3 Å². The molecule has 0 saturated carbocycles. The van der Waals surface area contributed by atoms with Crippen LogP contribution in [0, 0.1) is 34.6 Å². The lowest BCUT2D eigenvalue weighted by atomic mass is 10.1. The largest absolute Gasteiger partial charge is 0.318 e. The van der Waals surface area contributed by atoms with Crippen LogP contribution in [0.15, 0.2) is 96.1 Å². The Morgan fingerprint density at radius 1 is 0.711 bits per heavy atom. The summed E-state index contributed by atoms with van der Waals surface area (Å²) in [6, 6.07) is 30.7. The first-order chi connectivity index (χ1) is 18.3. The molecule has 0 unspecified atom stereocenters. The Kier molecular flexibility index (Phi) is 6.84. The van der Waals surface area contributed by atoms with Crippen molar-refractivity contribution in [3.8, 4) is 22.6 Å². The van der Waals surface area contributed by atoms with Crippen molar-refractivity contribution in [1.82, 2.24) is 14.6 Å². The van der Waals surface area contributed by atoms with Gasteiger partial charge in [0, 0.05) is 39.6 Å². The smallest absolute Gasteiger partial charge is 0.271 e. The van der Waals surface area contributed by atoms with E-state index >= 15 is 0 Å². The number of aryl methyl sites for hydroxylation is 4. The Balaban J connectivity index is 1.32. The molecule has 5 nitrogen and oxygen atoms in total. The quantitative estimate of drug-likeness (QED) is 0.194. The van der Waals surface area contributed by atoms with Crippen molar-refractivity contribution in [1.29, 1.82) is 0 Å². The first kappa shape index (κ1) is 25.0. The lowest BCUT2D eigenvalue weighted by Gasteiger charge is -2.12. The maximum Gasteiger partial charge on any atom is 0.271 e. The third kappa shape index (κ3) is 4.96. The van der Waals surface area contributed by atoms with Crippen LogP contribution < -0.4 is 5.43 Å². The number of aromatic nitrogens is 2. The summed E-state index contributed by atoms with van der Waals surface area (Å²) in [5.41, 5.74) is 14.4. The van der Waals surface area contributed by atoms with Gasteiger partial charge in [-0.25, -0.2) is 5.43 Å². The molecule has 3 aromatic carbocycles. The van der Waals surface area contributed by atoms with E-state index in [1.807, 2.05) is 42.5 Å². The van der Waals surface area contributed by atoms with Crippen molar-refractivity contribution < 1.29 is 4.79 Å². The molecule has 0 fully saturated rings. The van der Waals surface area contributed by atoms with Crippen molar-refractivity contribution in [2.75, 3.05) is 0 Å². The zero-order valence-electron chi connectivity index (χ0n) is 22.5. The van der Waals surface area contributed by atoms with E-state index in [0.717, 1.165) is 45.3 Å². The van der Waals surface area contributed by atoms with Crippen molar-refractivity contribution in [2.24, 2.45) is 5.10 Å². The average molecular weight is 501 g/mol. The minimum absolute atomic E-state index is 0.247. The Morgan fingerprint density at radius 3 is 2.08 bits per heavy atom. The van der Waals surface area contributed by atoms with Gasteiger partial charge in [0.05, 0.1) is 11.9 Å². The van der Waals surface area contributed by atoms with E-state index in [0.29, 0.717) is 5.56 Å². The van der Waals surface area contributed by atoms with Gasteiger partial charge in [-0.1, -0.05) is 36.4 Å². The fourth-order valence-corrected chi connectivity index (χ4v) is 5.10. The molecule has 0 aliphatic carbocycles. The molecule has 0 atom stereocenters. The van der Waals surface area contributed by atoms with Crippen molar-refractivity contribution in [2.45, 2.75) is 34.6 Å². The van der Waals surface area contributed by atoms with E-state index < -0.39 is 0 Å². The van der Waals surface area contributed by atoms with Crippen LogP contribution in [0.4, 0.5) is 0 Å².